The molecule has 0 aliphatic heterocycles. The van der Waals surface area contributed by atoms with E-state index < -0.39 is 5.97 Å². The number of rotatable bonds is 5. The Bertz CT molecular complexity index is 962. The van der Waals surface area contributed by atoms with Gasteiger partial charge in [-0.15, -0.1) is 0 Å². The Balaban J connectivity index is 1.39. The molecule has 2 aliphatic rings. The van der Waals surface area contributed by atoms with E-state index in [1.165, 1.54) is 44.6 Å². The number of carbonyl (C=O) groups is 1. The van der Waals surface area contributed by atoms with Crippen molar-refractivity contribution in [1.82, 2.24) is 0 Å². The SMILES string of the molecule is CCC[C@H]1CC[C@@H]2CC(c3ccc(C(=O)Oc4ccc(C#N)cc4)cc3F)CC[C@H]2C1. The van der Waals surface area contributed by atoms with Gasteiger partial charge < -0.3 is 4.74 Å². The lowest BCUT2D eigenvalue weighted by molar-refractivity contribution is 0.0734. The first kappa shape index (κ1) is 21.6. The number of carbonyl (C=O) groups excluding carboxylic acids is 1. The topological polar surface area (TPSA) is 50.1 Å². The second-order valence-electron chi connectivity index (χ2n) is 9.26. The molecule has 1 unspecified atom stereocenters. The molecule has 2 aliphatic carbocycles. The minimum atomic E-state index is -0.590. The fourth-order valence-electron chi connectivity index (χ4n) is 5.69. The Morgan fingerprint density at radius 2 is 1.81 bits per heavy atom. The monoisotopic (exact) mass is 419 g/mol. The molecule has 0 aromatic heterocycles. The zero-order chi connectivity index (χ0) is 21.8. The van der Waals surface area contributed by atoms with Crippen molar-refractivity contribution >= 4 is 5.97 Å². The molecule has 162 valence electrons. The average molecular weight is 420 g/mol. The number of nitrogens with zero attached hydrogens (tertiary/aromatic N) is 1. The van der Waals surface area contributed by atoms with Crippen molar-refractivity contribution in [3.63, 3.8) is 0 Å². The van der Waals surface area contributed by atoms with E-state index in [4.69, 9.17) is 10.00 Å². The van der Waals surface area contributed by atoms with E-state index in [0.29, 0.717) is 17.2 Å². The summed E-state index contributed by atoms with van der Waals surface area (Å²) in [5, 5.41) is 8.85. The average Bonchev–Trinajstić information content (AvgIpc) is 2.79. The molecule has 0 N–H and O–H groups in total. The van der Waals surface area contributed by atoms with E-state index in [1.807, 2.05) is 6.07 Å². The second kappa shape index (κ2) is 9.64. The van der Waals surface area contributed by atoms with Crippen molar-refractivity contribution in [2.45, 2.75) is 64.2 Å². The van der Waals surface area contributed by atoms with Gasteiger partial charge in [-0.1, -0.05) is 32.3 Å². The van der Waals surface area contributed by atoms with Crippen LogP contribution >= 0.6 is 0 Å². The minimum Gasteiger partial charge on any atom is -0.423 e. The molecule has 2 saturated carbocycles. The quantitative estimate of drug-likeness (QED) is 0.387. The van der Waals surface area contributed by atoms with Crippen molar-refractivity contribution in [2.75, 3.05) is 0 Å². The van der Waals surface area contributed by atoms with Crippen molar-refractivity contribution in [2.24, 2.45) is 17.8 Å². The van der Waals surface area contributed by atoms with E-state index in [2.05, 4.69) is 6.92 Å². The van der Waals surface area contributed by atoms with Crippen LogP contribution in [0.5, 0.6) is 5.75 Å². The third-order valence-electron chi connectivity index (χ3n) is 7.29. The summed E-state index contributed by atoms with van der Waals surface area (Å²) in [5.41, 5.74) is 1.44. The summed E-state index contributed by atoms with van der Waals surface area (Å²) < 4.78 is 20.3. The molecule has 0 bridgehead atoms. The Morgan fingerprint density at radius 1 is 1.06 bits per heavy atom. The molecule has 4 atom stereocenters. The number of halogens is 1. The van der Waals surface area contributed by atoms with Crippen LogP contribution in [0.1, 0.15) is 85.7 Å². The van der Waals surface area contributed by atoms with Crippen LogP contribution in [0.3, 0.4) is 0 Å². The molecule has 0 saturated heterocycles. The number of hydrogen-bond donors (Lipinski definition) is 0. The van der Waals surface area contributed by atoms with Gasteiger partial charge in [-0.05, 0) is 97.7 Å². The molecule has 0 heterocycles. The molecule has 2 fully saturated rings. The van der Waals surface area contributed by atoms with Crippen molar-refractivity contribution < 1.29 is 13.9 Å². The van der Waals surface area contributed by atoms with Crippen LogP contribution in [0.25, 0.3) is 0 Å². The van der Waals surface area contributed by atoms with Gasteiger partial charge in [-0.3, -0.25) is 0 Å². The van der Waals surface area contributed by atoms with Gasteiger partial charge in [0.1, 0.15) is 11.6 Å². The smallest absolute Gasteiger partial charge is 0.343 e. The Morgan fingerprint density at radius 3 is 2.52 bits per heavy atom. The molecular formula is C27H30FNO2. The first-order valence-corrected chi connectivity index (χ1v) is 11.6. The molecule has 0 amide bonds. The first-order chi connectivity index (χ1) is 15.1. The van der Waals surface area contributed by atoms with Crippen LogP contribution in [0.4, 0.5) is 4.39 Å². The van der Waals surface area contributed by atoms with E-state index in [1.54, 1.807) is 36.4 Å². The maximum atomic E-state index is 15.0. The highest BCUT2D eigenvalue weighted by Crippen LogP contribution is 2.48. The van der Waals surface area contributed by atoms with Crippen LogP contribution in [-0.4, -0.2) is 5.97 Å². The fourth-order valence-corrected chi connectivity index (χ4v) is 5.69. The summed E-state index contributed by atoms with van der Waals surface area (Å²) >= 11 is 0. The first-order valence-electron chi connectivity index (χ1n) is 11.6. The molecule has 4 heteroatoms. The van der Waals surface area contributed by atoms with Crippen LogP contribution in [0.2, 0.25) is 0 Å². The second-order valence-corrected chi connectivity index (χ2v) is 9.26. The molecule has 0 spiro atoms. The number of hydrogen-bond acceptors (Lipinski definition) is 3. The van der Waals surface area contributed by atoms with E-state index in [-0.39, 0.29) is 17.3 Å². The summed E-state index contributed by atoms with van der Waals surface area (Å²) in [6.07, 6.45) is 9.87. The molecule has 3 nitrogen and oxygen atoms in total. The minimum absolute atomic E-state index is 0.208. The van der Waals surface area contributed by atoms with E-state index in [0.717, 1.165) is 30.2 Å². The predicted molar refractivity (Wildman–Crippen MR) is 118 cm³/mol. The van der Waals surface area contributed by atoms with Crippen molar-refractivity contribution in [3.05, 3.63) is 65.0 Å². The third kappa shape index (κ3) is 4.98. The van der Waals surface area contributed by atoms with Crippen LogP contribution in [-0.2, 0) is 0 Å². The maximum Gasteiger partial charge on any atom is 0.343 e. The predicted octanol–water partition coefficient (Wildman–Crippen LogP) is 7.02. The van der Waals surface area contributed by atoms with Gasteiger partial charge in [0, 0.05) is 0 Å². The van der Waals surface area contributed by atoms with E-state index in [9.17, 15) is 9.18 Å². The molecular weight excluding hydrogens is 389 g/mol. The molecule has 4 rings (SSSR count). The van der Waals surface area contributed by atoms with Gasteiger partial charge in [-0.25, -0.2) is 9.18 Å². The van der Waals surface area contributed by atoms with Gasteiger partial charge >= 0.3 is 5.97 Å². The lowest BCUT2D eigenvalue weighted by Gasteiger charge is -2.42. The molecule has 2 aromatic carbocycles. The lowest BCUT2D eigenvalue weighted by Crippen LogP contribution is -2.30. The third-order valence-corrected chi connectivity index (χ3v) is 7.29. The summed E-state index contributed by atoms with van der Waals surface area (Å²) in [5.74, 6) is 2.10. The summed E-state index contributed by atoms with van der Waals surface area (Å²) in [6, 6.07) is 13.1. The van der Waals surface area contributed by atoms with Crippen molar-refractivity contribution in [1.29, 1.82) is 5.26 Å². The van der Waals surface area contributed by atoms with Crippen molar-refractivity contribution in [3.8, 4) is 11.8 Å². The Labute approximate surface area is 184 Å². The fraction of sp³-hybridized carbons (Fsp3) is 0.481. The number of esters is 1. The summed E-state index contributed by atoms with van der Waals surface area (Å²) in [4.78, 5) is 12.4. The molecule has 0 radical (unpaired) electrons. The van der Waals surface area contributed by atoms with Gasteiger partial charge in [0.05, 0.1) is 17.2 Å². The summed E-state index contributed by atoms with van der Waals surface area (Å²) in [6.45, 7) is 2.27. The highest BCUT2D eigenvalue weighted by atomic mass is 19.1. The number of fused-ring (bicyclic) bond motifs is 1. The largest absolute Gasteiger partial charge is 0.423 e. The number of ether oxygens (including phenoxy) is 1. The highest BCUT2D eigenvalue weighted by molar-refractivity contribution is 5.91. The molecule has 31 heavy (non-hydrogen) atoms. The number of benzene rings is 2. The van der Waals surface area contributed by atoms with Gasteiger partial charge in [0.25, 0.3) is 0 Å². The lowest BCUT2D eigenvalue weighted by atomic mass is 9.63. The molecule has 2 aromatic rings. The van der Waals surface area contributed by atoms with Crippen LogP contribution < -0.4 is 4.74 Å². The summed E-state index contributed by atoms with van der Waals surface area (Å²) in [7, 11) is 0. The van der Waals surface area contributed by atoms with Gasteiger partial charge in [0.2, 0.25) is 0 Å². The number of nitriles is 1. The Kier molecular flexibility index (Phi) is 6.70. The maximum absolute atomic E-state index is 15.0. The van der Waals surface area contributed by atoms with Gasteiger partial charge in [-0.2, -0.15) is 5.26 Å². The van der Waals surface area contributed by atoms with Gasteiger partial charge in [0.15, 0.2) is 0 Å². The Hall–Kier alpha value is -2.67. The standard InChI is InChI=1S/C27H30FNO2/c1-2-3-18-4-7-21-15-22(9-8-20(21)14-18)25-13-10-23(16-26(25)28)27(30)31-24-11-5-19(17-29)6-12-24/h5-6,10-13,16,18,20-22H,2-4,7-9,14-15H2,1H3/t18-,20-,21+,22?/m0/s1. The zero-order valence-corrected chi connectivity index (χ0v) is 18.1. The highest BCUT2D eigenvalue weighted by Gasteiger charge is 2.36. The normalized spacial score (nSPS) is 25.3. The van der Waals surface area contributed by atoms with E-state index >= 15 is 0 Å². The zero-order valence-electron chi connectivity index (χ0n) is 18.1. The van der Waals surface area contributed by atoms with Crippen LogP contribution in [0.15, 0.2) is 42.5 Å². The van der Waals surface area contributed by atoms with Crippen LogP contribution in [0, 0.1) is 34.9 Å².